The van der Waals surface area contributed by atoms with Gasteiger partial charge in [0.2, 0.25) is 5.89 Å². The lowest BCUT2D eigenvalue weighted by Crippen LogP contribution is -2.14. The number of nitrogens with one attached hydrogen (secondary N) is 1. The molecule has 8 heteroatoms. The molecular weight excluding hydrogens is 472 g/mol. The molecule has 30 heavy (non-hydrogen) atoms. The van der Waals surface area contributed by atoms with Gasteiger partial charge in [0.1, 0.15) is 22.6 Å². The average Bonchev–Trinajstić information content (AvgIpc) is 3.17. The SMILES string of the molecule is COc1cccc(OC)c1C(=O)Nc1ccc2oc(-c3cc(Br)ccc3Cl)nc2c1. The molecule has 6 nitrogen and oxygen atoms in total. The molecule has 0 radical (unpaired) electrons. The quantitative estimate of drug-likeness (QED) is 0.364. The summed E-state index contributed by atoms with van der Waals surface area (Å²) < 4.78 is 17.3. The summed E-state index contributed by atoms with van der Waals surface area (Å²) in [5.74, 6) is 0.871. The highest BCUT2D eigenvalue weighted by Gasteiger charge is 2.19. The molecule has 0 aliphatic heterocycles. The molecule has 152 valence electrons. The second-order valence-electron chi connectivity index (χ2n) is 6.32. The summed E-state index contributed by atoms with van der Waals surface area (Å²) in [6.07, 6.45) is 0. The number of methoxy groups -OCH3 is 2. The van der Waals surface area contributed by atoms with E-state index in [4.69, 9.17) is 25.5 Å². The highest BCUT2D eigenvalue weighted by Crippen LogP contribution is 2.33. The van der Waals surface area contributed by atoms with Crippen LogP contribution in [0.1, 0.15) is 10.4 Å². The largest absolute Gasteiger partial charge is 0.496 e. The van der Waals surface area contributed by atoms with E-state index in [1.807, 2.05) is 12.1 Å². The first kappa shape index (κ1) is 20.3. The zero-order valence-electron chi connectivity index (χ0n) is 16.0. The molecule has 0 saturated heterocycles. The summed E-state index contributed by atoms with van der Waals surface area (Å²) in [6.45, 7) is 0. The van der Waals surface area contributed by atoms with Crippen molar-refractivity contribution in [3.8, 4) is 23.0 Å². The number of rotatable bonds is 5. The van der Waals surface area contributed by atoms with Gasteiger partial charge in [-0.1, -0.05) is 33.6 Å². The zero-order valence-corrected chi connectivity index (χ0v) is 18.4. The first-order valence-corrected chi connectivity index (χ1v) is 10.1. The predicted molar refractivity (Wildman–Crippen MR) is 120 cm³/mol. The maximum absolute atomic E-state index is 12.9. The molecule has 3 aromatic carbocycles. The maximum Gasteiger partial charge on any atom is 0.263 e. The van der Waals surface area contributed by atoms with E-state index in [1.54, 1.807) is 42.5 Å². The van der Waals surface area contributed by atoms with E-state index < -0.39 is 0 Å². The lowest BCUT2D eigenvalue weighted by Gasteiger charge is -2.12. The van der Waals surface area contributed by atoms with Crippen molar-refractivity contribution in [1.82, 2.24) is 4.98 Å². The molecule has 0 unspecified atom stereocenters. The molecule has 1 heterocycles. The van der Waals surface area contributed by atoms with Crippen LogP contribution in [0.25, 0.3) is 22.6 Å². The molecule has 1 amide bonds. The Morgan fingerprint density at radius 3 is 2.50 bits per heavy atom. The number of nitrogens with zero attached hydrogens (tertiary/aromatic N) is 1. The third-order valence-corrected chi connectivity index (χ3v) is 5.28. The normalized spacial score (nSPS) is 10.8. The van der Waals surface area contributed by atoms with Gasteiger partial charge in [0.25, 0.3) is 5.91 Å². The van der Waals surface area contributed by atoms with Crippen LogP contribution >= 0.6 is 27.5 Å². The molecule has 0 atom stereocenters. The fourth-order valence-corrected chi connectivity index (χ4v) is 3.61. The lowest BCUT2D eigenvalue weighted by molar-refractivity contribution is 0.102. The van der Waals surface area contributed by atoms with Crippen LogP contribution in [0.15, 0.2) is 63.5 Å². The first-order chi connectivity index (χ1) is 14.5. The van der Waals surface area contributed by atoms with Crippen molar-refractivity contribution < 1.29 is 18.7 Å². The molecule has 4 aromatic rings. The number of carbonyl (C=O) groups excluding carboxylic acids is 1. The van der Waals surface area contributed by atoms with Crippen molar-refractivity contribution in [2.45, 2.75) is 0 Å². The minimum atomic E-state index is -0.359. The van der Waals surface area contributed by atoms with Gasteiger partial charge in [-0.05, 0) is 48.5 Å². The Kier molecular flexibility index (Phi) is 5.65. The summed E-state index contributed by atoms with van der Waals surface area (Å²) in [5.41, 5.74) is 2.70. The average molecular weight is 488 g/mol. The van der Waals surface area contributed by atoms with E-state index in [9.17, 15) is 4.79 Å². The number of aromatic nitrogens is 1. The Morgan fingerprint density at radius 2 is 1.80 bits per heavy atom. The van der Waals surface area contributed by atoms with Crippen LogP contribution < -0.4 is 14.8 Å². The van der Waals surface area contributed by atoms with E-state index in [1.165, 1.54) is 14.2 Å². The van der Waals surface area contributed by atoms with Gasteiger partial charge in [-0.25, -0.2) is 4.98 Å². The number of hydrogen-bond acceptors (Lipinski definition) is 5. The third kappa shape index (κ3) is 3.86. The molecule has 0 bridgehead atoms. The smallest absolute Gasteiger partial charge is 0.263 e. The molecule has 0 aliphatic rings. The fraction of sp³-hybridized carbons (Fsp3) is 0.0909. The standard InChI is InChI=1S/C22H16BrClN2O4/c1-28-18-4-3-5-19(29-2)20(18)21(27)25-13-7-9-17-16(11-13)26-22(30-17)14-10-12(23)6-8-15(14)24/h3-11H,1-2H3,(H,25,27). The minimum Gasteiger partial charge on any atom is -0.496 e. The second kappa shape index (κ2) is 8.38. The Labute approximate surface area is 185 Å². The number of fused-ring (bicyclic) bond motifs is 1. The van der Waals surface area contributed by atoms with Crippen LogP contribution in [0.5, 0.6) is 11.5 Å². The van der Waals surface area contributed by atoms with Crippen molar-refractivity contribution in [2.24, 2.45) is 0 Å². The van der Waals surface area contributed by atoms with Crippen LogP contribution in [0.4, 0.5) is 5.69 Å². The molecule has 4 rings (SSSR count). The maximum atomic E-state index is 12.9. The van der Waals surface area contributed by atoms with Crippen molar-refractivity contribution in [3.63, 3.8) is 0 Å². The van der Waals surface area contributed by atoms with Gasteiger partial charge in [-0.2, -0.15) is 0 Å². The summed E-state index contributed by atoms with van der Waals surface area (Å²) in [5, 5.41) is 3.38. The second-order valence-corrected chi connectivity index (χ2v) is 7.64. The van der Waals surface area contributed by atoms with Crippen LogP contribution in [0.3, 0.4) is 0 Å². The lowest BCUT2D eigenvalue weighted by atomic mass is 10.1. The van der Waals surface area contributed by atoms with E-state index in [0.29, 0.717) is 50.3 Å². The molecule has 0 aliphatic carbocycles. The Hall–Kier alpha value is -3.03. The van der Waals surface area contributed by atoms with Gasteiger partial charge in [-0.15, -0.1) is 0 Å². The van der Waals surface area contributed by atoms with Gasteiger partial charge < -0.3 is 19.2 Å². The van der Waals surface area contributed by atoms with Crippen molar-refractivity contribution >= 4 is 50.2 Å². The van der Waals surface area contributed by atoms with Gasteiger partial charge in [-0.3, -0.25) is 4.79 Å². The fourth-order valence-electron chi connectivity index (χ4n) is 3.05. The van der Waals surface area contributed by atoms with E-state index >= 15 is 0 Å². The summed E-state index contributed by atoms with van der Waals surface area (Å²) in [6, 6.07) is 15.8. The van der Waals surface area contributed by atoms with Gasteiger partial charge in [0.05, 0.1) is 24.8 Å². The molecule has 0 fully saturated rings. The van der Waals surface area contributed by atoms with Crippen LogP contribution in [0.2, 0.25) is 5.02 Å². The zero-order chi connectivity index (χ0) is 21.3. The van der Waals surface area contributed by atoms with Crippen LogP contribution in [-0.2, 0) is 0 Å². The summed E-state index contributed by atoms with van der Waals surface area (Å²) >= 11 is 9.71. The van der Waals surface area contributed by atoms with Crippen molar-refractivity contribution in [1.29, 1.82) is 0 Å². The molecule has 0 spiro atoms. The van der Waals surface area contributed by atoms with Gasteiger partial charge in [0.15, 0.2) is 5.58 Å². The monoisotopic (exact) mass is 486 g/mol. The number of halogens is 2. The number of amides is 1. The van der Waals surface area contributed by atoms with Gasteiger partial charge >= 0.3 is 0 Å². The van der Waals surface area contributed by atoms with Crippen molar-refractivity contribution in [3.05, 3.63) is 69.7 Å². The van der Waals surface area contributed by atoms with Gasteiger partial charge in [0, 0.05) is 10.2 Å². The number of oxazole rings is 1. The van der Waals surface area contributed by atoms with E-state index in [0.717, 1.165) is 4.47 Å². The number of benzene rings is 3. The third-order valence-electron chi connectivity index (χ3n) is 4.46. The topological polar surface area (TPSA) is 73.6 Å². The first-order valence-electron chi connectivity index (χ1n) is 8.88. The number of anilines is 1. The number of hydrogen-bond donors (Lipinski definition) is 1. The summed E-state index contributed by atoms with van der Waals surface area (Å²) in [4.78, 5) is 17.4. The molecular formula is C22H16BrClN2O4. The summed E-state index contributed by atoms with van der Waals surface area (Å²) in [7, 11) is 3.00. The van der Waals surface area contributed by atoms with E-state index in [-0.39, 0.29) is 5.91 Å². The Balaban J connectivity index is 1.67. The molecule has 1 N–H and O–H groups in total. The Morgan fingerprint density at radius 1 is 1.07 bits per heavy atom. The molecule has 1 aromatic heterocycles. The Bertz CT molecular complexity index is 1230. The van der Waals surface area contributed by atoms with Crippen LogP contribution in [-0.4, -0.2) is 25.1 Å². The number of ether oxygens (including phenoxy) is 2. The number of carbonyl (C=O) groups is 1. The highest BCUT2D eigenvalue weighted by molar-refractivity contribution is 9.10. The predicted octanol–water partition coefficient (Wildman–Crippen LogP) is 6.18. The molecule has 0 saturated carbocycles. The van der Waals surface area contributed by atoms with Crippen LogP contribution in [0, 0.1) is 0 Å². The van der Waals surface area contributed by atoms with E-state index in [2.05, 4.69) is 26.2 Å². The minimum absolute atomic E-state index is 0.310. The van der Waals surface area contributed by atoms with Crippen molar-refractivity contribution in [2.75, 3.05) is 19.5 Å². The highest BCUT2D eigenvalue weighted by atomic mass is 79.9.